The minimum Gasteiger partial charge on any atom is -0.359 e. The van der Waals surface area contributed by atoms with E-state index in [0.29, 0.717) is 6.42 Å². The predicted molar refractivity (Wildman–Crippen MR) is 73.9 cm³/mol. The molecule has 0 aliphatic carbocycles. The van der Waals surface area contributed by atoms with E-state index in [-0.39, 0.29) is 11.9 Å². The van der Waals surface area contributed by atoms with Gasteiger partial charge in [0.05, 0.1) is 0 Å². The van der Waals surface area contributed by atoms with Crippen LogP contribution in [0.1, 0.15) is 31.4 Å². The fourth-order valence-electron chi connectivity index (χ4n) is 1.63. The van der Waals surface area contributed by atoms with Gasteiger partial charge in [-0.2, -0.15) is 0 Å². The van der Waals surface area contributed by atoms with Crippen LogP contribution in [0.5, 0.6) is 0 Å². The van der Waals surface area contributed by atoms with Gasteiger partial charge in [-0.1, -0.05) is 34.1 Å². The lowest BCUT2D eigenvalue weighted by Gasteiger charge is -2.15. The fraction of sp³-hybridized carbons (Fsp3) is 0.462. The molecule has 0 radical (unpaired) electrons. The van der Waals surface area contributed by atoms with Crippen molar-refractivity contribution in [3.63, 3.8) is 0 Å². The molecule has 1 rings (SSSR count). The summed E-state index contributed by atoms with van der Waals surface area (Å²) in [6, 6.07) is 8.46. The number of halogens is 1. The average Bonchev–Trinajstić information content (AvgIpc) is 2.34. The smallest absolute Gasteiger partial charge is 0.219 e. The van der Waals surface area contributed by atoms with E-state index in [1.165, 1.54) is 5.56 Å². The van der Waals surface area contributed by atoms with E-state index in [4.69, 9.17) is 0 Å². The zero-order chi connectivity index (χ0) is 12.7. The molecule has 0 fully saturated rings. The highest BCUT2D eigenvalue weighted by Crippen LogP contribution is 2.22. The molecule has 0 aromatic heterocycles. The number of amides is 1. The van der Waals surface area contributed by atoms with E-state index in [1.807, 2.05) is 18.2 Å². The molecule has 94 valence electrons. The van der Waals surface area contributed by atoms with Crippen LogP contribution in [0.25, 0.3) is 0 Å². The normalized spacial score (nSPS) is 12.2. The largest absolute Gasteiger partial charge is 0.359 e. The van der Waals surface area contributed by atoms with Crippen molar-refractivity contribution in [1.29, 1.82) is 0 Å². The SMILES string of the molecule is CNC(=O)CCCN[C@@H](C)c1ccccc1Br. The van der Waals surface area contributed by atoms with Crippen molar-refractivity contribution < 1.29 is 4.79 Å². The molecule has 3 nitrogen and oxygen atoms in total. The molecule has 1 atom stereocenters. The Bertz CT molecular complexity index is 368. The summed E-state index contributed by atoms with van der Waals surface area (Å²) >= 11 is 3.54. The molecule has 0 saturated heterocycles. The van der Waals surface area contributed by atoms with Gasteiger partial charge in [-0.3, -0.25) is 4.79 Å². The quantitative estimate of drug-likeness (QED) is 0.793. The minimum atomic E-state index is 0.0975. The maximum Gasteiger partial charge on any atom is 0.219 e. The van der Waals surface area contributed by atoms with Crippen LogP contribution in [0, 0.1) is 0 Å². The standard InChI is InChI=1S/C13H19BrN2O/c1-10(11-6-3-4-7-12(11)14)16-9-5-8-13(17)15-2/h3-4,6-7,10,16H,5,8-9H2,1-2H3,(H,15,17)/t10-/m0/s1. The summed E-state index contributed by atoms with van der Waals surface area (Å²) in [6.45, 7) is 2.97. The van der Waals surface area contributed by atoms with Gasteiger partial charge in [-0.05, 0) is 31.5 Å². The Labute approximate surface area is 111 Å². The molecule has 0 spiro atoms. The van der Waals surface area contributed by atoms with Crippen LogP contribution in [0.3, 0.4) is 0 Å². The molecule has 0 bridgehead atoms. The van der Waals surface area contributed by atoms with Gasteiger partial charge >= 0.3 is 0 Å². The Balaban J connectivity index is 2.33. The van der Waals surface area contributed by atoms with Gasteiger partial charge < -0.3 is 10.6 Å². The molecule has 0 aliphatic heterocycles. The highest BCUT2D eigenvalue weighted by molar-refractivity contribution is 9.10. The van der Waals surface area contributed by atoms with E-state index in [0.717, 1.165) is 17.4 Å². The van der Waals surface area contributed by atoms with Crippen molar-refractivity contribution in [2.45, 2.75) is 25.8 Å². The van der Waals surface area contributed by atoms with Crippen molar-refractivity contribution in [1.82, 2.24) is 10.6 Å². The van der Waals surface area contributed by atoms with Gasteiger partial charge in [-0.25, -0.2) is 0 Å². The number of benzene rings is 1. The molecule has 2 N–H and O–H groups in total. The van der Waals surface area contributed by atoms with Crippen LogP contribution in [-0.2, 0) is 4.79 Å². The molecule has 0 heterocycles. The molecular weight excluding hydrogens is 280 g/mol. The third kappa shape index (κ3) is 4.88. The Hall–Kier alpha value is -0.870. The van der Waals surface area contributed by atoms with E-state index in [9.17, 15) is 4.79 Å². The van der Waals surface area contributed by atoms with Gasteiger partial charge in [0.25, 0.3) is 0 Å². The van der Waals surface area contributed by atoms with Crippen LogP contribution in [0.15, 0.2) is 28.7 Å². The number of rotatable bonds is 6. The Morgan fingerprint density at radius 1 is 1.41 bits per heavy atom. The molecule has 0 saturated carbocycles. The Morgan fingerprint density at radius 2 is 2.12 bits per heavy atom. The number of nitrogens with one attached hydrogen (secondary N) is 2. The lowest BCUT2D eigenvalue weighted by atomic mass is 10.1. The summed E-state index contributed by atoms with van der Waals surface area (Å²) in [5, 5.41) is 6.03. The van der Waals surface area contributed by atoms with Crippen LogP contribution < -0.4 is 10.6 Å². The van der Waals surface area contributed by atoms with E-state index in [1.54, 1.807) is 7.05 Å². The first kappa shape index (κ1) is 14.2. The maximum atomic E-state index is 11.0. The first-order valence-electron chi connectivity index (χ1n) is 5.83. The van der Waals surface area contributed by atoms with Gasteiger partial charge in [0, 0.05) is 24.0 Å². The zero-order valence-corrected chi connectivity index (χ0v) is 11.9. The molecule has 0 unspecified atom stereocenters. The Morgan fingerprint density at radius 3 is 2.76 bits per heavy atom. The van der Waals surface area contributed by atoms with Crippen molar-refractivity contribution >= 4 is 21.8 Å². The average molecular weight is 299 g/mol. The molecule has 0 aliphatic rings. The van der Waals surface area contributed by atoms with Gasteiger partial charge in [0.2, 0.25) is 5.91 Å². The van der Waals surface area contributed by atoms with Crippen molar-refractivity contribution in [3.8, 4) is 0 Å². The summed E-state index contributed by atoms with van der Waals surface area (Å²) in [5.41, 5.74) is 1.24. The second-order valence-corrected chi connectivity index (χ2v) is 4.83. The van der Waals surface area contributed by atoms with Crippen molar-refractivity contribution in [3.05, 3.63) is 34.3 Å². The summed E-state index contributed by atoms with van der Waals surface area (Å²) in [6.07, 6.45) is 1.43. The van der Waals surface area contributed by atoms with Gasteiger partial charge in [0.1, 0.15) is 0 Å². The lowest BCUT2D eigenvalue weighted by Crippen LogP contribution is -2.23. The van der Waals surface area contributed by atoms with Gasteiger partial charge in [0.15, 0.2) is 0 Å². The number of hydrogen-bond acceptors (Lipinski definition) is 2. The summed E-state index contributed by atoms with van der Waals surface area (Å²) in [4.78, 5) is 11.0. The molecule has 1 amide bonds. The maximum absolute atomic E-state index is 11.0. The highest BCUT2D eigenvalue weighted by atomic mass is 79.9. The molecule has 1 aromatic rings. The van der Waals surface area contributed by atoms with Crippen LogP contribution in [-0.4, -0.2) is 19.5 Å². The van der Waals surface area contributed by atoms with Crippen LogP contribution >= 0.6 is 15.9 Å². The third-order valence-electron chi connectivity index (χ3n) is 2.68. The minimum absolute atomic E-state index is 0.0975. The summed E-state index contributed by atoms with van der Waals surface area (Å²) in [7, 11) is 1.67. The monoisotopic (exact) mass is 298 g/mol. The fourth-order valence-corrected chi connectivity index (χ4v) is 2.26. The second kappa shape index (κ2) is 7.45. The third-order valence-corrected chi connectivity index (χ3v) is 3.40. The molecular formula is C13H19BrN2O. The molecule has 17 heavy (non-hydrogen) atoms. The summed E-state index contributed by atoms with van der Waals surface area (Å²) < 4.78 is 1.12. The summed E-state index contributed by atoms with van der Waals surface area (Å²) in [5.74, 6) is 0.0975. The zero-order valence-electron chi connectivity index (χ0n) is 10.3. The van der Waals surface area contributed by atoms with E-state index >= 15 is 0 Å². The number of carbonyl (C=O) groups excluding carboxylic acids is 1. The topological polar surface area (TPSA) is 41.1 Å². The van der Waals surface area contributed by atoms with Crippen molar-refractivity contribution in [2.24, 2.45) is 0 Å². The first-order chi connectivity index (χ1) is 8.15. The Kier molecular flexibility index (Phi) is 6.22. The van der Waals surface area contributed by atoms with E-state index in [2.05, 4.69) is 39.6 Å². The first-order valence-corrected chi connectivity index (χ1v) is 6.63. The number of hydrogen-bond donors (Lipinski definition) is 2. The van der Waals surface area contributed by atoms with Crippen LogP contribution in [0.2, 0.25) is 0 Å². The van der Waals surface area contributed by atoms with E-state index < -0.39 is 0 Å². The van der Waals surface area contributed by atoms with Crippen molar-refractivity contribution in [2.75, 3.05) is 13.6 Å². The molecule has 1 aromatic carbocycles. The van der Waals surface area contributed by atoms with Crippen LogP contribution in [0.4, 0.5) is 0 Å². The highest BCUT2D eigenvalue weighted by Gasteiger charge is 2.07. The van der Waals surface area contributed by atoms with Gasteiger partial charge in [-0.15, -0.1) is 0 Å². The second-order valence-electron chi connectivity index (χ2n) is 3.97. The lowest BCUT2D eigenvalue weighted by molar-refractivity contribution is -0.120. The molecule has 4 heteroatoms. The number of carbonyl (C=O) groups is 1. The predicted octanol–water partition coefficient (Wildman–Crippen LogP) is 2.63.